The zero-order chi connectivity index (χ0) is 12.4. The smallest absolute Gasteiger partial charge is 0.208 e. The molecule has 0 heterocycles. The minimum Gasteiger partial charge on any atom is -0.213 e. The number of rotatable bonds is 3. The summed E-state index contributed by atoms with van der Waals surface area (Å²) in [5, 5.41) is 0. The van der Waals surface area contributed by atoms with E-state index in [9.17, 15) is 8.42 Å². The maximum atomic E-state index is 11.1. The van der Waals surface area contributed by atoms with E-state index in [1.807, 2.05) is 0 Å². The molecule has 0 unspecified atom stereocenters. The molecular weight excluding hydrogens is 222 g/mol. The second kappa shape index (κ2) is 5.05. The lowest BCUT2D eigenvalue weighted by Crippen LogP contribution is -2.37. The molecule has 0 radical (unpaired) electrons. The molecule has 96 valence electrons. The van der Waals surface area contributed by atoms with Gasteiger partial charge >= 0.3 is 0 Å². The van der Waals surface area contributed by atoms with Crippen LogP contribution in [0.1, 0.15) is 52.9 Å². The molecule has 4 heteroatoms. The van der Waals surface area contributed by atoms with Gasteiger partial charge in [0.15, 0.2) is 0 Å². The minimum atomic E-state index is -3.03. The first-order valence-electron chi connectivity index (χ1n) is 6.13. The van der Waals surface area contributed by atoms with Gasteiger partial charge in [0.2, 0.25) is 10.0 Å². The van der Waals surface area contributed by atoms with Crippen molar-refractivity contribution < 1.29 is 8.42 Å². The van der Waals surface area contributed by atoms with Crippen molar-refractivity contribution in [3.05, 3.63) is 0 Å². The van der Waals surface area contributed by atoms with Gasteiger partial charge in [0, 0.05) is 6.04 Å². The van der Waals surface area contributed by atoms with Crippen molar-refractivity contribution in [3.63, 3.8) is 0 Å². The van der Waals surface area contributed by atoms with Crippen molar-refractivity contribution in [1.82, 2.24) is 4.72 Å². The van der Waals surface area contributed by atoms with Gasteiger partial charge in [-0.3, -0.25) is 0 Å². The topological polar surface area (TPSA) is 46.2 Å². The Morgan fingerprint density at radius 1 is 1.12 bits per heavy atom. The maximum absolute atomic E-state index is 11.1. The van der Waals surface area contributed by atoms with Crippen LogP contribution in [-0.2, 0) is 10.0 Å². The second-order valence-electron chi connectivity index (χ2n) is 6.37. The number of sulfonamides is 1. The Morgan fingerprint density at radius 2 is 1.62 bits per heavy atom. The first-order chi connectivity index (χ1) is 7.16. The van der Waals surface area contributed by atoms with Gasteiger partial charge in [-0.2, -0.15) is 0 Å². The zero-order valence-corrected chi connectivity index (χ0v) is 11.7. The van der Waals surface area contributed by atoms with Gasteiger partial charge in [-0.05, 0) is 43.4 Å². The number of hydrogen-bond donors (Lipinski definition) is 1. The van der Waals surface area contributed by atoms with Crippen molar-refractivity contribution in [1.29, 1.82) is 0 Å². The van der Waals surface area contributed by atoms with Gasteiger partial charge in [-0.1, -0.05) is 20.8 Å². The van der Waals surface area contributed by atoms with Crippen LogP contribution < -0.4 is 4.72 Å². The zero-order valence-electron chi connectivity index (χ0n) is 10.9. The molecule has 0 aliphatic heterocycles. The standard InChI is InChI=1S/C12H25NO2S/c1-12(2,3)9-10-5-7-11(8-6-10)13-16(4,14)15/h10-11,13H,5-9H2,1-4H3/t10-,11+. The Kier molecular flexibility index (Phi) is 4.41. The van der Waals surface area contributed by atoms with Gasteiger partial charge in [0.05, 0.1) is 6.26 Å². The summed E-state index contributed by atoms with van der Waals surface area (Å²) in [5.74, 6) is 0.776. The Hall–Kier alpha value is -0.0900. The van der Waals surface area contributed by atoms with Crippen LogP contribution >= 0.6 is 0 Å². The van der Waals surface area contributed by atoms with Crippen LogP contribution in [0.2, 0.25) is 0 Å². The largest absolute Gasteiger partial charge is 0.213 e. The molecule has 1 N–H and O–H groups in total. The average Bonchev–Trinajstić information content (AvgIpc) is 2.03. The Balaban J connectivity index is 2.34. The molecule has 0 saturated heterocycles. The van der Waals surface area contributed by atoms with Crippen molar-refractivity contribution >= 4 is 10.0 Å². The lowest BCUT2D eigenvalue weighted by Gasteiger charge is -2.32. The molecular formula is C12H25NO2S. The third-order valence-electron chi connectivity index (χ3n) is 3.13. The predicted molar refractivity (Wildman–Crippen MR) is 67.8 cm³/mol. The summed E-state index contributed by atoms with van der Waals surface area (Å²) < 4.78 is 24.9. The van der Waals surface area contributed by atoms with E-state index in [0.717, 1.165) is 31.6 Å². The van der Waals surface area contributed by atoms with E-state index in [1.54, 1.807) is 0 Å². The molecule has 0 amide bonds. The van der Waals surface area contributed by atoms with Crippen LogP contribution in [0.3, 0.4) is 0 Å². The normalized spacial score (nSPS) is 28.0. The molecule has 16 heavy (non-hydrogen) atoms. The van der Waals surface area contributed by atoms with E-state index in [1.165, 1.54) is 12.7 Å². The summed E-state index contributed by atoms with van der Waals surface area (Å²) in [6.07, 6.45) is 6.80. The molecule has 1 aliphatic carbocycles. The van der Waals surface area contributed by atoms with Crippen LogP contribution in [0.25, 0.3) is 0 Å². The quantitative estimate of drug-likeness (QED) is 0.833. The second-order valence-corrected chi connectivity index (χ2v) is 8.15. The van der Waals surface area contributed by atoms with Gasteiger partial charge in [0.1, 0.15) is 0 Å². The molecule has 1 rings (SSSR count). The monoisotopic (exact) mass is 247 g/mol. The van der Waals surface area contributed by atoms with E-state index in [-0.39, 0.29) is 6.04 Å². The van der Waals surface area contributed by atoms with Crippen LogP contribution in [0.5, 0.6) is 0 Å². The lowest BCUT2D eigenvalue weighted by atomic mass is 9.76. The molecule has 3 nitrogen and oxygen atoms in total. The molecule has 1 aliphatic rings. The van der Waals surface area contributed by atoms with Gasteiger partial charge in [-0.25, -0.2) is 13.1 Å². The highest BCUT2D eigenvalue weighted by Gasteiger charge is 2.26. The average molecular weight is 247 g/mol. The summed E-state index contributed by atoms with van der Waals surface area (Å²) in [6, 6.07) is 0.172. The van der Waals surface area contributed by atoms with Crippen molar-refractivity contribution in [2.24, 2.45) is 11.3 Å². The highest BCUT2D eigenvalue weighted by Crippen LogP contribution is 2.34. The van der Waals surface area contributed by atoms with E-state index in [4.69, 9.17) is 0 Å². The van der Waals surface area contributed by atoms with Gasteiger partial charge in [0.25, 0.3) is 0 Å². The highest BCUT2D eigenvalue weighted by molar-refractivity contribution is 7.88. The summed E-state index contributed by atoms with van der Waals surface area (Å²) in [5.41, 5.74) is 0.391. The fraction of sp³-hybridized carbons (Fsp3) is 1.00. The molecule has 0 bridgehead atoms. The van der Waals surface area contributed by atoms with E-state index in [2.05, 4.69) is 25.5 Å². The number of hydrogen-bond acceptors (Lipinski definition) is 2. The maximum Gasteiger partial charge on any atom is 0.208 e. The van der Waals surface area contributed by atoms with E-state index >= 15 is 0 Å². The SMILES string of the molecule is CC(C)(C)C[C@H]1CC[C@@H](NS(C)(=O)=O)CC1. The predicted octanol–water partition coefficient (Wildman–Crippen LogP) is 2.53. The fourth-order valence-corrected chi connectivity index (χ4v) is 3.49. The van der Waals surface area contributed by atoms with Crippen molar-refractivity contribution in [2.45, 2.75) is 58.9 Å². The molecule has 1 saturated carbocycles. The first kappa shape index (κ1) is 14.0. The third-order valence-corrected chi connectivity index (χ3v) is 3.89. The molecule has 0 aromatic heterocycles. The molecule has 1 fully saturated rings. The molecule has 0 aromatic carbocycles. The van der Waals surface area contributed by atoms with E-state index in [0.29, 0.717) is 5.41 Å². The van der Waals surface area contributed by atoms with E-state index < -0.39 is 10.0 Å². The summed E-state index contributed by atoms with van der Waals surface area (Å²) >= 11 is 0. The van der Waals surface area contributed by atoms with Crippen LogP contribution in [0.15, 0.2) is 0 Å². The van der Waals surface area contributed by atoms with Gasteiger partial charge < -0.3 is 0 Å². The lowest BCUT2D eigenvalue weighted by molar-refractivity contribution is 0.224. The Morgan fingerprint density at radius 3 is 2.00 bits per heavy atom. The summed E-state index contributed by atoms with van der Waals surface area (Å²) in [4.78, 5) is 0. The van der Waals surface area contributed by atoms with Crippen molar-refractivity contribution in [2.75, 3.05) is 6.26 Å². The summed E-state index contributed by atoms with van der Waals surface area (Å²) in [6.45, 7) is 6.82. The Bertz CT molecular complexity index is 308. The molecule has 0 spiro atoms. The molecule has 0 atom stereocenters. The third kappa shape index (κ3) is 5.85. The summed E-state index contributed by atoms with van der Waals surface area (Å²) in [7, 11) is -3.03. The fourth-order valence-electron chi connectivity index (χ4n) is 2.65. The highest BCUT2D eigenvalue weighted by atomic mass is 32.2. The molecule has 0 aromatic rings. The van der Waals surface area contributed by atoms with Crippen LogP contribution in [0, 0.1) is 11.3 Å². The minimum absolute atomic E-state index is 0.172. The number of nitrogens with one attached hydrogen (secondary N) is 1. The Labute approximate surface area is 100 Å². The van der Waals surface area contributed by atoms with Crippen LogP contribution in [0.4, 0.5) is 0 Å². The van der Waals surface area contributed by atoms with Crippen molar-refractivity contribution in [3.8, 4) is 0 Å². The first-order valence-corrected chi connectivity index (χ1v) is 8.02. The van der Waals surface area contributed by atoms with Crippen LogP contribution in [-0.4, -0.2) is 20.7 Å². The van der Waals surface area contributed by atoms with Gasteiger partial charge in [-0.15, -0.1) is 0 Å².